The van der Waals surface area contributed by atoms with Gasteiger partial charge in [0, 0.05) is 18.2 Å². The summed E-state index contributed by atoms with van der Waals surface area (Å²) in [6.45, 7) is 12.2. The summed E-state index contributed by atoms with van der Waals surface area (Å²) in [5.41, 5.74) is -0.382. The quantitative estimate of drug-likeness (QED) is 0.292. The van der Waals surface area contributed by atoms with Crippen LogP contribution in [0.2, 0.25) is 0 Å². The molecule has 32 heavy (non-hydrogen) atoms. The number of rotatable bonds is 7. The summed E-state index contributed by atoms with van der Waals surface area (Å²) in [7, 11) is 0. The molecule has 1 aromatic rings. The zero-order valence-electron chi connectivity index (χ0n) is 20.5. The monoisotopic (exact) mass is 457 g/mol. The van der Waals surface area contributed by atoms with E-state index < -0.39 is 6.61 Å². The maximum absolute atomic E-state index is 12.2. The van der Waals surface area contributed by atoms with Gasteiger partial charge in [-0.1, -0.05) is 41.0 Å². The van der Waals surface area contributed by atoms with Crippen LogP contribution in [0.3, 0.4) is 0 Å². The molecule has 0 spiro atoms. The molecule has 2 heterocycles. The van der Waals surface area contributed by atoms with Crippen LogP contribution in [0.1, 0.15) is 74.1 Å². The molecule has 1 fully saturated rings. The van der Waals surface area contributed by atoms with Gasteiger partial charge in [-0.3, -0.25) is 14.8 Å². The van der Waals surface area contributed by atoms with Crippen LogP contribution in [0.5, 0.6) is 0 Å². The van der Waals surface area contributed by atoms with Crippen LogP contribution in [-0.2, 0) is 4.74 Å². The Bertz CT molecular complexity index is 729. The van der Waals surface area contributed by atoms with Crippen LogP contribution in [0.25, 0.3) is 0 Å². The third-order valence-corrected chi connectivity index (χ3v) is 4.63. The van der Waals surface area contributed by atoms with E-state index in [1.54, 1.807) is 0 Å². The topological polar surface area (TPSA) is 91.4 Å². The Labute approximate surface area is 191 Å². The van der Waals surface area contributed by atoms with E-state index in [4.69, 9.17) is 0 Å². The Morgan fingerprint density at radius 3 is 2.47 bits per heavy atom. The first-order valence-electron chi connectivity index (χ1n) is 11.5. The minimum Gasteiger partial charge on any atom is -0.440 e. The van der Waals surface area contributed by atoms with Gasteiger partial charge in [0.1, 0.15) is 17.4 Å². The first-order chi connectivity index (χ1) is 15.2. The van der Waals surface area contributed by atoms with Crippen molar-refractivity contribution < 1.29 is 13.5 Å². The summed E-state index contributed by atoms with van der Waals surface area (Å²) < 4.78 is 28.6. The van der Waals surface area contributed by atoms with Crippen molar-refractivity contribution >= 4 is 11.7 Å². The Morgan fingerprint density at radius 2 is 2.00 bits per heavy atom. The van der Waals surface area contributed by atoms with Crippen LogP contribution in [0, 0.1) is 5.92 Å². The molecule has 3 N–H and O–H groups in total. The second-order valence-corrected chi connectivity index (χ2v) is 7.64. The van der Waals surface area contributed by atoms with Gasteiger partial charge in [0.05, 0.1) is 12.4 Å². The van der Waals surface area contributed by atoms with E-state index in [9.17, 15) is 13.6 Å². The van der Waals surface area contributed by atoms with Crippen molar-refractivity contribution in [3.05, 3.63) is 34.6 Å². The summed E-state index contributed by atoms with van der Waals surface area (Å²) in [4.78, 5) is 21.7. The number of nitrogens with zero attached hydrogens (tertiary/aromatic N) is 2. The normalized spacial score (nSPS) is 17.7. The van der Waals surface area contributed by atoms with Crippen molar-refractivity contribution in [2.45, 2.75) is 92.8 Å². The van der Waals surface area contributed by atoms with Crippen molar-refractivity contribution in [1.82, 2.24) is 15.3 Å². The summed E-state index contributed by atoms with van der Waals surface area (Å²) in [6, 6.07) is 0.783. The van der Waals surface area contributed by atoms with Gasteiger partial charge in [-0.2, -0.15) is 8.78 Å². The third-order valence-electron chi connectivity index (χ3n) is 4.63. The maximum Gasteiger partial charge on any atom is 0.387 e. The second kappa shape index (κ2) is 17.3. The molecule has 1 saturated heterocycles. The molecule has 0 saturated carbocycles. The minimum atomic E-state index is -2.90. The molecule has 9 heteroatoms. The molecule has 0 bridgehead atoms. The maximum atomic E-state index is 12.2. The molecule has 2 rings (SSSR count). The van der Waals surface area contributed by atoms with Gasteiger partial charge in [-0.05, 0) is 45.6 Å². The number of hydrogen-bond acceptors (Lipinski definition) is 5. The SMILES string of the molecule is CC.CC(C)C1CCCCN1.CCC(C)N=C(/C=C(\C)OC(F)F)Nc1cncc(=O)[nH]1. The van der Waals surface area contributed by atoms with Gasteiger partial charge >= 0.3 is 6.61 Å². The molecular formula is C23H41F2N5O2. The Hall–Kier alpha value is -2.29. The van der Waals surface area contributed by atoms with E-state index in [-0.39, 0.29) is 17.4 Å². The zero-order valence-corrected chi connectivity index (χ0v) is 20.5. The number of anilines is 1. The molecular weight excluding hydrogens is 416 g/mol. The second-order valence-electron chi connectivity index (χ2n) is 7.64. The summed E-state index contributed by atoms with van der Waals surface area (Å²) in [6.07, 6.45) is 8.82. The van der Waals surface area contributed by atoms with Crippen molar-refractivity contribution in [2.24, 2.45) is 10.9 Å². The number of aromatic nitrogens is 2. The Balaban J connectivity index is 0.000000723. The fraction of sp³-hybridized carbons (Fsp3) is 0.696. The molecule has 0 amide bonds. The van der Waals surface area contributed by atoms with Crippen molar-refractivity contribution in [3.63, 3.8) is 0 Å². The van der Waals surface area contributed by atoms with Crippen molar-refractivity contribution in [3.8, 4) is 0 Å². The highest BCUT2D eigenvalue weighted by Crippen LogP contribution is 2.13. The van der Waals surface area contributed by atoms with E-state index in [0.29, 0.717) is 11.7 Å². The van der Waals surface area contributed by atoms with E-state index in [2.05, 4.69) is 44.2 Å². The summed E-state index contributed by atoms with van der Waals surface area (Å²) >= 11 is 0. The lowest BCUT2D eigenvalue weighted by molar-refractivity contribution is -0.0952. The number of aliphatic imine (C=N–C) groups is 1. The molecule has 0 aliphatic carbocycles. The van der Waals surface area contributed by atoms with Gasteiger partial charge in [-0.15, -0.1) is 0 Å². The standard InChI is InChI=1S/C13H18F2N4O2.C8H17N.C2H6/c1-4-8(2)17-10(5-9(3)21-13(14)15)18-11-6-16-7-12(20)19-11;1-7(2)8-5-3-4-6-9-8;1-2/h5-8,13H,4H2,1-3H3,(H2,17,18,19,20);7-9H,3-6H2,1-2H3;1-2H3/b9-5+;;. The van der Waals surface area contributed by atoms with Gasteiger partial charge < -0.3 is 20.4 Å². The van der Waals surface area contributed by atoms with Crippen LogP contribution >= 0.6 is 0 Å². The highest BCUT2D eigenvalue weighted by Gasteiger charge is 2.14. The van der Waals surface area contributed by atoms with Crippen molar-refractivity contribution in [1.29, 1.82) is 0 Å². The number of nitrogens with one attached hydrogen (secondary N) is 3. The number of piperidine rings is 1. The van der Waals surface area contributed by atoms with E-state index in [0.717, 1.165) is 24.6 Å². The van der Waals surface area contributed by atoms with Gasteiger partial charge in [-0.25, -0.2) is 0 Å². The average molecular weight is 458 g/mol. The molecule has 1 aliphatic rings. The van der Waals surface area contributed by atoms with Gasteiger partial charge in [0.15, 0.2) is 0 Å². The van der Waals surface area contributed by atoms with Crippen LogP contribution in [0.4, 0.5) is 14.6 Å². The van der Waals surface area contributed by atoms with Gasteiger partial charge in [0.2, 0.25) is 0 Å². The van der Waals surface area contributed by atoms with E-state index in [1.807, 2.05) is 27.7 Å². The molecule has 184 valence electrons. The lowest BCUT2D eigenvalue weighted by Gasteiger charge is -2.26. The largest absolute Gasteiger partial charge is 0.440 e. The number of hydrogen-bond donors (Lipinski definition) is 3. The van der Waals surface area contributed by atoms with E-state index >= 15 is 0 Å². The number of ether oxygens (including phenoxy) is 1. The summed E-state index contributed by atoms with van der Waals surface area (Å²) in [5, 5.41) is 6.34. The Kier molecular flexibility index (Phi) is 16.1. The molecule has 2 atom stereocenters. The number of amidine groups is 1. The number of aromatic amines is 1. The number of alkyl halides is 2. The highest BCUT2D eigenvalue weighted by atomic mass is 19.3. The van der Waals surface area contributed by atoms with Crippen molar-refractivity contribution in [2.75, 3.05) is 11.9 Å². The molecule has 0 aromatic carbocycles. The fourth-order valence-corrected chi connectivity index (χ4v) is 2.83. The molecule has 2 unspecified atom stereocenters. The zero-order chi connectivity index (χ0) is 24.5. The lowest BCUT2D eigenvalue weighted by atomic mass is 9.95. The smallest absolute Gasteiger partial charge is 0.387 e. The molecule has 0 radical (unpaired) electrons. The lowest BCUT2D eigenvalue weighted by Crippen LogP contribution is -2.37. The average Bonchev–Trinajstić information content (AvgIpc) is 2.75. The minimum absolute atomic E-state index is 0.00536. The Morgan fingerprint density at radius 1 is 1.31 bits per heavy atom. The number of allylic oxidation sites excluding steroid dienone is 1. The van der Waals surface area contributed by atoms with E-state index in [1.165, 1.54) is 45.0 Å². The summed E-state index contributed by atoms with van der Waals surface area (Å²) in [5.74, 6) is 1.44. The predicted molar refractivity (Wildman–Crippen MR) is 128 cm³/mol. The van der Waals surface area contributed by atoms with Crippen LogP contribution in [-0.4, -0.2) is 41.0 Å². The number of H-pyrrole nitrogens is 1. The number of halogens is 2. The fourth-order valence-electron chi connectivity index (χ4n) is 2.83. The molecule has 7 nitrogen and oxygen atoms in total. The van der Waals surface area contributed by atoms with Crippen LogP contribution < -0.4 is 16.2 Å². The molecule has 1 aliphatic heterocycles. The van der Waals surface area contributed by atoms with Gasteiger partial charge in [0.25, 0.3) is 5.56 Å². The highest BCUT2D eigenvalue weighted by molar-refractivity contribution is 6.03. The molecule has 1 aromatic heterocycles. The first kappa shape index (κ1) is 29.7. The first-order valence-corrected chi connectivity index (χ1v) is 11.5. The third kappa shape index (κ3) is 13.9. The predicted octanol–water partition coefficient (Wildman–Crippen LogP) is 5.33. The van der Waals surface area contributed by atoms with Crippen LogP contribution in [0.15, 0.2) is 34.0 Å².